The average molecular weight is 187 g/mol. The van der Waals surface area contributed by atoms with Gasteiger partial charge in [-0.3, -0.25) is 0 Å². The normalized spacial score (nSPS) is 13.8. The number of hydrogen-bond donors (Lipinski definition) is 1. The molecule has 1 aromatic rings. The van der Waals surface area contributed by atoms with Gasteiger partial charge in [-0.2, -0.15) is 0 Å². The Bertz CT molecular complexity index is 472. The molecule has 1 N–H and O–H groups in total. The zero-order chi connectivity index (χ0) is 10.4. The van der Waals surface area contributed by atoms with Crippen LogP contribution in [0, 0.1) is 12.3 Å². The molecule has 0 unspecified atom stereocenters. The van der Waals surface area contributed by atoms with Crippen molar-refractivity contribution in [2.24, 2.45) is 0 Å². The van der Waals surface area contributed by atoms with E-state index in [0.29, 0.717) is 0 Å². The third kappa shape index (κ3) is 2.17. The van der Waals surface area contributed by atoms with Crippen LogP contribution in [0.2, 0.25) is 0 Å². The van der Waals surface area contributed by atoms with Crippen LogP contribution < -0.4 is 10.6 Å². The zero-order valence-corrected chi connectivity index (χ0v) is 8.67. The minimum absolute atomic E-state index is 0. The van der Waals surface area contributed by atoms with Gasteiger partial charge in [0.2, 0.25) is 0 Å². The highest BCUT2D eigenvalue weighted by Crippen LogP contribution is 1.85. The number of terminal acetylenes is 1. The molecule has 0 fully saturated rings. The second-order valence-corrected chi connectivity index (χ2v) is 2.97. The Morgan fingerprint density at radius 1 is 1.57 bits per heavy atom. The molecular weight excluding hydrogens is 170 g/mol. The van der Waals surface area contributed by atoms with Crippen LogP contribution in [-0.4, -0.2) is 4.98 Å². The molecule has 0 aromatic carbocycles. The van der Waals surface area contributed by atoms with Crippen molar-refractivity contribution in [2.75, 3.05) is 0 Å². The highest BCUT2D eigenvalue weighted by Gasteiger charge is 1.92. The maximum atomic E-state index is 5.38. The predicted molar refractivity (Wildman–Crippen MR) is 64.1 cm³/mol. The third-order valence-corrected chi connectivity index (χ3v) is 2.09. The molecular formula is C13H17N. The molecule has 74 valence electrons. The largest absolute Gasteiger partial charge is 0.360 e. The standard InChI is InChI=1S/C13H15N.H2/c1-4-7-8-9-13-12(6-3)11(5-2)10-14-13;/h2,4,6-7,9-10,14H,8H2,1,3H3;1H/b7-4-,12-6-,13-9+;. The summed E-state index contributed by atoms with van der Waals surface area (Å²) in [5.74, 6) is 2.66. The fourth-order valence-corrected chi connectivity index (χ4v) is 1.37. The van der Waals surface area contributed by atoms with Crippen LogP contribution in [0.15, 0.2) is 18.3 Å². The van der Waals surface area contributed by atoms with Crippen molar-refractivity contribution in [3.63, 3.8) is 0 Å². The summed E-state index contributed by atoms with van der Waals surface area (Å²) in [6, 6.07) is 0. The van der Waals surface area contributed by atoms with Gasteiger partial charge in [-0.25, -0.2) is 0 Å². The maximum Gasteiger partial charge on any atom is 0.0492 e. The maximum absolute atomic E-state index is 5.38. The third-order valence-electron chi connectivity index (χ3n) is 2.09. The predicted octanol–water partition coefficient (Wildman–Crippen LogP) is 1.79. The van der Waals surface area contributed by atoms with Gasteiger partial charge < -0.3 is 4.98 Å². The molecule has 0 spiro atoms. The van der Waals surface area contributed by atoms with Gasteiger partial charge in [0.15, 0.2) is 0 Å². The SMILES string of the molecule is C#Cc1c[nH]c(=C/C/C=C\C)/c1=C\C.[HH]. The summed E-state index contributed by atoms with van der Waals surface area (Å²) in [5.41, 5.74) is 0.930. The molecule has 1 nitrogen and oxygen atoms in total. The Labute approximate surface area is 86.3 Å². The van der Waals surface area contributed by atoms with Gasteiger partial charge in [0.1, 0.15) is 0 Å². The Hall–Kier alpha value is -1.68. The highest BCUT2D eigenvalue weighted by atomic mass is 14.7. The van der Waals surface area contributed by atoms with E-state index in [9.17, 15) is 0 Å². The van der Waals surface area contributed by atoms with Crippen molar-refractivity contribution in [2.45, 2.75) is 20.3 Å². The second-order valence-electron chi connectivity index (χ2n) is 2.97. The molecule has 0 aliphatic heterocycles. The number of H-pyrrole nitrogens is 1. The number of allylic oxidation sites excluding steroid dienone is 2. The molecule has 1 heterocycles. The van der Waals surface area contributed by atoms with E-state index in [-0.39, 0.29) is 1.43 Å². The number of aromatic nitrogens is 1. The molecule has 0 aliphatic rings. The first kappa shape index (κ1) is 10.4. The summed E-state index contributed by atoms with van der Waals surface area (Å²) in [5, 5.41) is 2.23. The van der Waals surface area contributed by atoms with E-state index in [4.69, 9.17) is 6.42 Å². The van der Waals surface area contributed by atoms with Crippen LogP contribution in [-0.2, 0) is 0 Å². The molecule has 1 heteroatoms. The zero-order valence-electron chi connectivity index (χ0n) is 8.67. The first-order valence-electron chi connectivity index (χ1n) is 4.75. The molecule has 1 rings (SSSR count). The minimum Gasteiger partial charge on any atom is -0.360 e. The smallest absolute Gasteiger partial charge is 0.0492 e. The molecule has 0 radical (unpaired) electrons. The van der Waals surface area contributed by atoms with E-state index in [0.717, 1.165) is 22.6 Å². The highest BCUT2D eigenvalue weighted by molar-refractivity contribution is 5.40. The molecule has 0 aliphatic carbocycles. The first-order chi connectivity index (χ1) is 6.83. The molecule has 0 atom stereocenters. The first-order valence-corrected chi connectivity index (χ1v) is 4.75. The van der Waals surface area contributed by atoms with Gasteiger partial charge in [-0.15, -0.1) is 6.42 Å². The number of aromatic amines is 1. The Morgan fingerprint density at radius 2 is 2.36 bits per heavy atom. The fourth-order valence-electron chi connectivity index (χ4n) is 1.37. The van der Waals surface area contributed by atoms with Crippen molar-refractivity contribution in [1.82, 2.24) is 4.98 Å². The van der Waals surface area contributed by atoms with Crippen LogP contribution in [0.4, 0.5) is 0 Å². The Morgan fingerprint density at radius 3 is 2.93 bits per heavy atom. The van der Waals surface area contributed by atoms with Gasteiger partial charge in [0, 0.05) is 23.8 Å². The molecule has 0 saturated carbocycles. The monoisotopic (exact) mass is 187 g/mol. The lowest BCUT2D eigenvalue weighted by Gasteiger charge is -1.82. The Kier molecular flexibility index (Phi) is 3.82. The molecule has 0 saturated heterocycles. The van der Waals surface area contributed by atoms with Gasteiger partial charge in [-0.05, 0) is 20.3 Å². The van der Waals surface area contributed by atoms with E-state index in [1.807, 2.05) is 32.2 Å². The van der Waals surface area contributed by atoms with E-state index in [2.05, 4.69) is 23.1 Å². The van der Waals surface area contributed by atoms with Gasteiger partial charge in [0.25, 0.3) is 0 Å². The summed E-state index contributed by atoms with van der Waals surface area (Å²) in [6.07, 6.45) is 16.5. The lowest BCUT2D eigenvalue weighted by atomic mass is 10.2. The molecule has 14 heavy (non-hydrogen) atoms. The number of hydrogen-bond acceptors (Lipinski definition) is 0. The average Bonchev–Trinajstić information content (AvgIpc) is 2.60. The van der Waals surface area contributed by atoms with Crippen molar-refractivity contribution >= 4 is 12.2 Å². The van der Waals surface area contributed by atoms with E-state index >= 15 is 0 Å². The van der Waals surface area contributed by atoms with Crippen molar-refractivity contribution in [1.29, 1.82) is 0 Å². The topological polar surface area (TPSA) is 15.8 Å². The summed E-state index contributed by atoms with van der Waals surface area (Å²) >= 11 is 0. The molecule has 0 amide bonds. The Balaban J connectivity index is 0.00000196. The van der Waals surface area contributed by atoms with E-state index in [1.165, 1.54) is 0 Å². The van der Waals surface area contributed by atoms with Crippen LogP contribution in [0.25, 0.3) is 12.2 Å². The lowest BCUT2D eigenvalue weighted by molar-refractivity contribution is 1.28. The van der Waals surface area contributed by atoms with E-state index in [1.54, 1.807) is 0 Å². The van der Waals surface area contributed by atoms with Crippen LogP contribution in [0.5, 0.6) is 0 Å². The molecule has 0 bridgehead atoms. The summed E-state index contributed by atoms with van der Waals surface area (Å²) in [6.45, 7) is 4.01. The number of rotatable bonds is 2. The summed E-state index contributed by atoms with van der Waals surface area (Å²) in [4.78, 5) is 3.17. The van der Waals surface area contributed by atoms with Crippen LogP contribution >= 0.6 is 0 Å². The van der Waals surface area contributed by atoms with Crippen molar-refractivity contribution < 1.29 is 1.43 Å². The number of nitrogens with one attached hydrogen (secondary N) is 1. The van der Waals surface area contributed by atoms with E-state index < -0.39 is 0 Å². The lowest BCUT2D eigenvalue weighted by Crippen LogP contribution is -2.23. The molecule has 1 aromatic heterocycles. The quantitative estimate of drug-likeness (QED) is 0.536. The van der Waals surface area contributed by atoms with Crippen LogP contribution in [0.1, 0.15) is 27.3 Å². The second kappa shape index (κ2) is 5.14. The fraction of sp³-hybridized carbons (Fsp3) is 0.231. The summed E-state index contributed by atoms with van der Waals surface area (Å²) in [7, 11) is 0. The van der Waals surface area contributed by atoms with Gasteiger partial charge in [0.05, 0.1) is 0 Å². The van der Waals surface area contributed by atoms with Crippen molar-refractivity contribution in [3.8, 4) is 12.3 Å². The van der Waals surface area contributed by atoms with Gasteiger partial charge >= 0.3 is 0 Å². The minimum atomic E-state index is 0. The van der Waals surface area contributed by atoms with Gasteiger partial charge in [-0.1, -0.05) is 30.2 Å². The summed E-state index contributed by atoms with van der Waals surface area (Å²) < 4.78 is 0. The van der Waals surface area contributed by atoms with Crippen molar-refractivity contribution in [3.05, 3.63) is 34.5 Å². The van der Waals surface area contributed by atoms with Crippen LogP contribution in [0.3, 0.4) is 0 Å².